The molecule has 0 fully saturated rings. The third-order valence-electron chi connectivity index (χ3n) is 4.32. The molecule has 0 amide bonds. The molecule has 1 unspecified atom stereocenters. The Labute approximate surface area is 186 Å². The first kappa shape index (κ1) is 22.4. The summed E-state index contributed by atoms with van der Waals surface area (Å²) in [6.45, 7) is 1.17. The van der Waals surface area contributed by atoms with Gasteiger partial charge in [-0.1, -0.05) is 30.3 Å². The third-order valence-corrected chi connectivity index (χ3v) is 5.54. The van der Waals surface area contributed by atoms with E-state index in [4.69, 9.17) is 4.74 Å². The number of halogens is 1. The highest BCUT2D eigenvalue weighted by atomic mass is 127. The smallest absolute Gasteiger partial charge is 0.191 e. The van der Waals surface area contributed by atoms with Crippen molar-refractivity contribution in [2.24, 2.45) is 4.99 Å². The quantitative estimate of drug-likeness (QED) is 0.255. The van der Waals surface area contributed by atoms with Gasteiger partial charge in [-0.15, -0.1) is 35.3 Å². The predicted molar refractivity (Wildman–Crippen MR) is 128 cm³/mol. The number of rotatable bonds is 7. The number of nitrogens with one attached hydrogen (secondary N) is 2. The van der Waals surface area contributed by atoms with Crippen LogP contribution in [0.15, 0.2) is 59.6 Å². The van der Waals surface area contributed by atoms with E-state index in [9.17, 15) is 5.11 Å². The molecule has 0 aliphatic carbocycles. The highest BCUT2D eigenvalue weighted by Crippen LogP contribution is 2.29. The van der Waals surface area contributed by atoms with Gasteiger partial charge in [0.05, 0.1) is 7.11 Å². The van der Waals surface area contributed by atoms with Gasteiger partial charge in [0.2, 0.25) is 0 Å². The molecule has 0 bridgehead atoms. The van der Waals surface area contributed by atoms with Crippen molar-refractivity contribution in [1.82, 2.24) is 10.6 Å². The standard InChI is InChI=1S/C21H25N3O2S.HI/c1-22-21(23-12-11-15-7-9-17(26-2)10-8-15)24-14-18(25)20-13-16-5-3-4-6-19(16)27-20;/h3-10,13,18,25H,11-12,14H2,1-2H3,(H2,22,23,24);1H. The molecule has 0 saturated heterocycles. The molecule has 5 nitrogen and oxygen atoms in total. The summed E-state index contributed by atoms with van der Waals surface area (Å²) in [5, 5.41) is 18.1. The molecule has 1 aromatic heterocycles. The number of aliphatic hydroxyl groups is 1. The number of thiophene rings is 1. The Hall–Kier alpha value is -1.84. The number of guanidine groups is 1. The second-order valence-electron chi connectivity index (χ2n) is 6.18. The van der Waals surface area contributed by atoms with Crippen LogP contribution in [-0.4, -0.2) is 38.3 Å². The first-order chi connectivity index (χ1) is 13.2. The minimum absolute atomic E-state index is 0. The van der Waals surface area contributed by atoms with E-state index in [1.165, 1.54) is 15.6 Å². The highest BCUT2D eigenvalue weighted by Gasteiger charge is 2.12. The highest BCUT2D eigenvalue weighted by molar-refractivity contribution is 14.0. The van der Waals surface area contributed by atoms with Crippen molar-refractivity contribution in [3.63, 3.8) is 0 Å². The van der Waals surface area contributed by atoms with Crippen molar-refractivity contribution in [2.45, 2.75) is 12.5 Å². The zero-order valence-electron chi connectivity index (χ0n) is 16.0. The van der Waals surface area contributed by atoms with Gasteiger partial charge in [-0.25, -0.2) is 0 Å². The van der Waals surface area contributed by atoms with E-state index < -0.39 is 6.10 Å². The lowest BCUT2D eigenvalue weighted by Gasteiger charge is -2.14. The summed E-state index contributed by atoms with van der Waals surface area (Å²) in [4.78, 5) is 5.18. The number of fused-ring (bicyclic) bond motifs is 1. The molecule has 0 aliphatic heterocycles. The average molecular weight is 511 g/mol. The SMILES string of the molecule is CN=C(NCCc1ccc(OC)cc1)NCC(O)c1cc2ccccc2s1.I. The molecule has 2 aromatic carbocycles. The fourth-order valence-electron chi connectivity index (χ4n) is 2.80. The van der Waals surface area contributed by atoms with E-state index in [-0.39, 0.29) is 24.0 Å². The Morgan fingerprint density at radius 2 is 1.89 bits per heavy atom. The van der Waals surface area contributed by atoms with Crippen molar-refractivity contribution in [1.29, 1.82) is 0 Å². The van der Waals surface area contributed by atoms with Gasteiger partial charge in [0.1, 0.15) is 11.9 Å². The molecule has 0 saturated carbocycles. The van der Waals surface area contributed by atoms with Gasteiger partial charge < -0.3 is 20.5 Å². The van der Waals surface area contributed by atoms with Crippen molar-refractivity contribution in [3.05, 3.63) is 65.0 Å². The minimum atomic E-state index is -0.567. The maximum atomic E-state index is 10.5. The Bertz CT molecular complexity index is 863. The average Bonchev–Trinajstić information content (AvgIpc) is 3.15. The van der Waals surface area contributed by atoms with Crippen LogP contribution in [0.25, 0.3) is 10.1 Å². The molecular formula is C21H26IN3O2S. The number of aliphatic imine (C=N–C) groups is 1. The van der Waals surface area contributed by atoms with Crippen LogP contribution in [0.2, 0.25) is 0 Å². The van der Waals surface area contributed by atoms with E-state index in [1.54, 1.807) is 25.5 Å². The summed E-state index contributed by atoms with van der Waals surface area (Å²) in [6.07, 6.45) is 0.311. The van der Waals surface area contributed by atoms with Crippen LogP contribution < -0.4 is 15.4 Å². The fourth-order valence-corrected chi connectivity index (χ4v) is 3.85. The lowest BCUT2D eigenvalue weighted by atomic mass is 10.1. The van der Waals surface area contributed by atoms with Crippen LogP contribution in [0.3, 0.4) is 0 Å². The van der Waals surface area contributed by atoms with Gasteiger partial charge in [-0.2, -0.15) is 0 Å². The normalized spacial score (nSPS) is 12.3. The Morgan fingerprint density at radius 3 is 2.57 bits per heavy atom. The number of hydrogen-bond donors (Lipinski definition) is 3. The number of benzene rings is 2. The second-order valence-corrected chi connectivity index (χ2v) is 7.30. The van der Waals surface area contributed by atoms with Gasteiger partial charge in [-0.05, 0) is 41.6 Å². The van der Waals surface area contributed by atoms with Crippen LogP contribution in [0.1, 0.15) is 16.5 Å². The molecule has 150 valence electrons. The number of methoxy groups -OCH3 is 1. The number of nitrogens with zero attached hydrogens (tertiary/aromatic N) is 1. The maximum absolute atomic E-state index is 10.5. The lowest BCUT2D eigenvalue weighted by molar-refractivity contribution is 0.184. The molecule has 1 heterocycles. The zero-order valence-corrected chi connectivity index (χ0v) is 19.2. The first-order valence-electron chi connectivity index (χ1n) is 8.93. The Morgan fingerprint density at radius 1 is 1.14 bits per heavy atom. The Kier molecular flexibility index (Phi) is 9.01. The number of hydrogen-bond acceptors (Lipinski definition) is 4. The summed E-state index contributed by atoms with van der Waals surface area (Å²) in [6, 6.07) is 18.3. The molecule has 7 heteroatoms. The van der Waals surface area contributed by atoms with E-state index in [0.29, 0.717) is 12.5 Å². The zero-order chi connectivity index (χ0) is 19.1. The van der Waals surface area contributed by atoms with Gasteiger partial charge in [0, 0.05) is 29.7 Å². The summed E-state index contributed by atoms with van der Waals surface area (Å²) >= 11 is 1.62. The predicted octanol–water partition coefficient (Wildman–Crippen LogP) is 3.97. The van der Waals surface area contributed by atoms with Crippen molar-refractivity contribution in [2.75, 3.05) is 27.2 Å². The van der Waals surface area contributed by atoms with E-state index >= 15 is 0 Å². The van der Waals surface area contributed by atoms with Crippen LogP contribution in [0.5, 0.6) is 5.75 Å². The lowest BCUT2D eigenvalue weighted by Crippen LogP contribution is -2.40. The molecular weight excluding hydrogens is 485 g/mol. The first-order valence-corrected chi connectivity index (χ1v) is 9.75. The molecule has 3 N–H and O–H groups in total. The van der Waals surface area contributed by atoms with Gasteiger partial charge in [-0.3, -0.25) is 4.99 Å². The molecule has 3 aromatic rings. The van der Waals surface area contributed by atoms with Crippen molar-refractivity contribution >= 4 is 51.4 Å². The topological polar surface area (TPSA) is 65.9 Å². The number of aliphatic hydroxyl groups excluding tert-OH is 1. The molecule has 0 spiro atoms. The molecule has 0 radical (unpaired) electrons. The molecule has 1 atom stereocenters. The van der Waals surface area contributed by atoms with Crippen LogP contribution in [-0.2, 0) is 6.42 Å². The van der Waals surface area contributed by atoms with E-state index in [1.807, 2.05) is 30.3 Å². The van der Waals surface area contributed by atoms with E-state index in [2.05, 4.69) is 39.9 Å². The van der Waals surface area contributed by atoms with Gasteiger partial charge in [0.15, 0.2) is 5.96 Å². The summed E-state index contributed by atoms with van der Waals surface area (Å²) in [7, 11) is 3.40. The van der Waals surface area contributed by atoms with Crippen molar-refractivity contribution in [3.8, 4) is 5.75 Å². The third kappa shape index (κ3) is 6.08. The fraction of sp³-hybridized carbons (Fsp3) is 0.286. The van der Waals surface area contributed by atoms with Crippen LogP contribution >= 0.6 is 35.3 Å². The summed E-state index contributed by atoms with van der Waals surface area (Å²) in [5.74, 6) is 1.54. The van der Waals surface area contributed by atoms with Crippen LogP contribution in [0, 0.1) is 0 Å². The van der Waals surface area contributed by atoms with Crippen molar-refractivity contribution < 1.29 is 9.84 Å². The van der Waals surface area contributed by atoms with Crippen LogP contribution in [0.4, 0.5) is 0 Å². The summed E-state index contributed by atoms with van der Waals surface area (Å²) in [5.41, 5.74) is 1.23. The van der Waals surface area contributed by atoms with Gasteiger partial charge >= 0.3 is 0 Å². The largest absolute Gasteiger partial charge is 0.497 e. The molecule has 28 heavy (non-hydrogen) atoms. The van der Waals surface area contributed by atoms with Gasteiger partial charge in [0.25, 0.3) is 0 Å². The molecule has 3 rings (SSSR count). The molecule has 0 aliphatic rings. The monoisotopic (exact) mass is 511 g/mol. The van der Waals surface area contributed by atoms with E-state index in [0.717, 1.165) is 23.6 Å². The maximum Gasteiger partial charge on any atom is 0.191 e. The minimum Gasteiger partial charge on any atom is -0.497 e. The summed E-state index contributed by atoms with van der Waals surface area (Å²) < 4.78 is 6.36. The Balaban J connectivity index is 0.00000280. The second kappa shape index (κ2) is 11.2. The number of ether oxygens (including phenoxy) is 1.